The Morgan fingerprint density at radius 1 is 1.06 bits per heavy atom. The van der Waals surface area contributed by atoms with Crippen molar-refractivity contribution in [2.24, 2.45) is 0 Å². The SMILES string of the molecule is N#Cc1cc(Cl)cc(Oc2c(C(F)(F)F)ncn(Cc3cc(-c4ccc(Cl)cc4)c(=O)[nH]n3)c2=O)c1. The van der Waals surface area contributed by atoms with Gasteiger partial charge >= 0.3 is 6.18 Å². The maximum absolute atomic E-state index is 13.6. The Labute approximate surface area is 210 Å². The zero-order valence-corrected chi connectivity index (χ0v) is 19.3. The monoisotopic (exact) mass is 533 g/mol. The average Bonchev–Trinajstić information content (AvgIpc) is 2.82. The molecule has 0 aliphatic carbocycles. The molecule has 182 valence electrons. The minimum atomic E-state index is -5.01. The third-order valence-electron chi connectivity index (χ3n) is 4.83. The van der Waals surface area contributed by atoms with Crippen LogP contribution in [-0.4, -0.2) is 19.7 Å². The molecule has 1 N–H and O–H groups in total. The molecule has 2 aromatic carbocycles. The van der Waals surface area contributed by atoms with Crippen molar-refractivity contribution in [2.45, 2.75) is 12.7 Å². The highest BCUT2D eigenvalue weighted by Gasteiger charge is 2.38. The van der Waals surface area contributed by atoms with Crippen molar-refractivity contribution in [2.75, 3.05) is 0 Å². The molecular weight excluding hydrogens is 522 g/mol. The largest absolute Gasteiger partial charge is 0.449 e. The van der Waals surface area contributed by atoms with Gasteiger partial charge in [-0.1, -0.05) is 35.3 Å². The minimum Gasteiger partial charge on any atom is -0.449 e. The highest BCUT2D eigenvalue weighted by atomic mass is 35.5. The normalized spacial score (nSPS) is 11.2. The van der Waals surface area contributed by atoms with Crippen molar-refractivity contribution in [3.63, 3.8) is 0 Å². The van der Waals surface area contributed by atoms with E-state index in [1.165, 1.54) is 12.1 Å². The molecule has 36 heavy (non-hydrogen) atoms. The molecule has 2 aromatic heterocycles. The number of aromatic nitrogens is 4. The summed E-state index contributed by atoms with van der Waals surface area (Å²) in [5.41, 5.74) is -2.34. The van der Waals surface area contributed by atoms with Gasteiger partial charge in [0.2, 0.25) is 5.75 Å². The number of hydrogen-bond donors (Lipinski definition) is 1. The van der Waals surface area contributed by atoms with Crippen LogP contribution in [0.3, 0.4) is 0 Å². The lowest BCUT2D eigenvalue weighted by Gasteiger charge is -2.15. The maximum atomic E-state index is 13.6. The predicted octanol–water partition coefficient (Wildman–Crippen LogP) is 5.03. The van der Waals surface area contributed by atoms with Gasteiger partial charge in [0.15, 0.2) is 5.69 Å². The quantitative estimate of drug-likeness (QED) is 0.384. The van der Waals surface area contributed by atoms with Gasteiger partial charge in [0, 0.05) is 10.0 Å². The number of nitrogens with zero attached hydrogens (tertiary/aromatic N) is 4. The number of aromatic amines is 1. The summed E-state index contributed by atoms with van der Waals surface area (Å²) in [5, 5.41) is 15.7. The zero-order chi connectivity index (χ0) is 26.0. The lowest BCUT2D eigenvalue weighted by atomic mass is 10.1. The van der Waals surface area contributed by atoms with Crippen LogP contribution in [0.1, 0.15) is 17.0 Å². The molecule has 0 unspecified atom stereocenters. The van der Waals surface area contributed by atoms with Crippen molar-refractivity contribution in [3.8, 4) is 28.7 Å². The first-order valence-electron chi connectivity index (χ1n) is 9.95. The molecule has 0 fully saturated rings. The Morgan fingerprint density at radius 3 is 2.44 bits per heavy atom. The smallest absolute Gasteiger partial charge is 0.437 e. The Hall–Kier alpha value is -4.14. The van der Waals surface area contributed by atoms with E-state index in [0.29, 0.717) is 16.9 Å². The summed E-state index contributed by atoms with van der Waals surface area (Å²) in [4.78, 5) is 28.7. The van der Waals surface area contributed by atoms with E-state index in [0.717, 1.165) is 16.7 Å². The van der Waals surface area contributed by atoms with Gasteiger partial charge in [0.25, 0.3) is 11.1 Å². The molecule has 0 aliphatic rings. The number of hydrogen-bond acceptors (Lipinski definition) is 6. The Balaban J connectivity index is 1.76. The highest BCUT2D eigenvalue weighted by Crippen LogP contribution is 2.35. The van der Waals surface area contributed by atoms with Gasteiger partial charge in [0.05, 0.1) is 35.8 Å². The van der Waals surface area contributed by atoms with Gasteiger partial charge in [-0.15, -0.1) is 0 Å². The zero-order valence-electron chi connectivity index (χ0n) is 17.8. The minimum absolute atomic E-state index is 0.0162. The summed E-state index contributed by atoms with van der Waals surface area (Å²) in [6.45, 7) is -0.337. The third kappa shape index (κ3) is 5.40. The van der Waals surface area contributed by atoms with Crippen LogP contribution in [0.4, 0.5) is 13.2 Å². The second-order valence-electron chi connectivity index (χ2n) is 7.35. The van der Waals surface area contributed by atoms with Crippen molar-refractivity contribution in [1.29, 1.82) is 5.26 Å². The van der Waals surface area contributed by atoms with Crippen LogP contribution >= 0.6 is 23.2 Å². The van der Waals surface area contributed by atoms with Crippen LogP contribution in [0.5, 0.6) is 11.5 Å². The van der Waals surface area contributed by atoms with Crippen molar-refractivity contribution in [3.05, 3.63) is 103 Å². The third-order valence-corrected chi connectivity index (χ3v) is 5.30. The Morgan fingerprint density at radius 2 is 1.78 bits per heavy atom. The van der Waals surface area contributed by atoms with E-state index in [9.17, 15) is 22.8 Å². The number of halogens is 5. The molecule has 0 bridgehead atoms. The van der Waals surface area contributed by atoms with E-state index in [2.05, 4.69) is 15.2 Å². The van der Waals surface area contributed by atoms with Crippen LogP contribution < -0.4 is 15.9 Å². The van der Waals surface area contributed by atoms with Crippen LogP contribution in [0.15, 0.2) is 64.4 Å². The number of rotatable bonds is 5. The molecule has 2 heterocycles. The van der Waals surface area contributed by atoms with Gasteiger partial charge in [-0.25, -0.2) is 10.1 Å². The van der Waals surface area contributed by atoms with Crippen LogP contribution in [0.25, 0.3) is 11.1 Å². The van der Waals surface area contributed by atoms with E-state index in [-0.39, 0.29) is 34.1 Å². The Bertz CT molecular complexity index is 1610. The summed E-state index contributed by atoms with van der Waals surface area (Å²) in [5.74, 6) is -1.37. The van der Waals surface area contributed by atoms with E-state index < -0.39 is 28.7 Å². The molecule has 8 nitrogen and oxygen atoms in total. The number of benzene rings is 2. The maximum Gasteiger partial charge on any atom is 0.437 e. The second kappa shape index (κ2) is 9.85. The fourth-order valence-corrected chi connectivity index (χ4v) is 3.58. The number of alkyl halides is 3. The Kier molecular flexibility index (Phi) is 6.83. The van der Waals surface area contributed by atoms with Gasteiger partial charge in [-0.2, -0.15) is 23.5 Å². The van der Waals surface area contributed by atoms with E-state index >= 15 is 0 Å². The van der Waals surface area contributed by atoms with Gasteiger partial charge in [-0.3, -0.25) is 14.2 Å². The highest BCUT2D eigenvalue weighted by molar-refractivity contribution is 6.31. The summed E-state index contributed by atoms with van der Waals surface area (Å²) in [6.07, 6.45) is -4.31. The fourth-order valence-electron chi connectivity index (χ4n) is 3.23. The van der Waals surface area contributed by atoms with Crippen molar-refractivity contribution >= 4 is 23.2 Å². The van der Waals surface area contributed by atoms with Gasteiger partial charge in [0.1, 0.15) is 5.75 Å². The number of nitrogens with one attached hydrogen (secondary N) is 1. The summed E-state index contributed by atoms with van der Waals surface area (Å²) < 4.78 is 46.9. The fraction of sp³-hybridized carbons (Fsp3) is 0.0870. The molecule has 0 atom stereocenters. The molecule has 4 aromatic rings. The topological polar surface area (TPSA) is 114 Å². The molecule has 0 spiro atoms. The predicted molar refractivity (Wildman–Crippen MR) is 124 cm³/mol. The van der Waals surface area contributed by atoms with Crippen LogP contribution in [-0.2, 0) is 12.7 Å². The number of H-pyrrole nitrogens is 1. The second-order valence-corrected chi connectivity index (χ2v) is 8.22. The first-order valence-corrected chi connectivity index (χ1v) is 10.7. The molecule has 0 aliphatic heterocycles. The molecule has 0 amide bonds. The average molecular weight is 534 g/mol. The van der Waals surface area contributed by atoms with Crippen LogP contribution in [0, 0.1) is 11.3 Å². The lowest BCUT2D eigenvalue weighted by Crippen LogP contribution is -2.27. The van der Waals surface area contributed by atoms with Crippen molar-refractivity contribution in [1.82, 2.24) is 19.7 Å². The van der Waals surface area contributed by atoms with E-state index in [1.54, 1.807) is 30.3 Å². The standard InChI is InChI=1S/C23H12Cl2F3N5O3/c24-14-3-1-13(2-4-14)18-8-16(31-32-21(18)34)10-33-11-30-20(23(26,27)28)19(22(33)35)36-17-6-12(9-29)5-15(25)7-17/h1-8,11H,10H2,(H,32,34). The molecule has 0 saturated heterocycles. The molecule has 0 radical (unpaired) electrons. The van der Waals surface area contributed by atoms with E-state index in [1.807, 2.05) is 0 Å². The molecule has 13 heteroatoms. The van der Waals surface area contributed by atoms with Gasteiger partial charge in [-0.05, 0) is 42.0 Å². The molecule has 4 rings (SSSR count). The lowest BCUT2D eigenvalue weighted by molar-refractivity contribution is -0.142. The van der Waals surface area contributed by atoms with Crippen LogP contribution in [0.2, 0.25) is 10.0 Å². The summed E-state index contributed by atoms with van der Waals surface area (Å²) in [6, 6.07) is 13.1. The summed E-state index contributed by atoms with van der Waals surface area (Å²) >= 11 is 11.8. The van der Waals surface area contributed by atoms with Crippen molar-refractivity contribution < 1.29 is 17.9 Å². The van der Waals surface area contributed by atoms with E-state index in [4.69, 9.17) is 33.2 Å². The first kappa shape index (κ1) is 25.0. The van der Waals surface area contributed by atoms with Gasteiger partial charge < -0.3 is 4.74 Å². The first-order chi connectivity index (χ1) is 17.0. The molecule has 0 saturated carbocycles. The number of nitriles is 1. The summed E-state index contributed by atoms with van der Waals surface area (Å²) in [7, 11) is 0. The molecular formula is C23H12Cl2F3N5O3. The number of ether oxygens (including phenoxy) is 1.